The van der Waals surface area contributed by atoms with Crippen molar-refractivity contribution in [3.8, 4) is 0 Å². The third-order valence-electron chi connectivity index (χ3n) is 3.78. The Balaban J connectivity index is 1.82. The van der Waals surface area contributed by atoms with Crippen LogP contribution in [0.1, 0.15) is 17.6 Å². The van der Waals surface area contributed by atoms with Gasteiger partial charge in [-0.15, -0.1) is 0 Å². The van der Waals surface area contributed by atoms with Gasteiger partial charge in [0.1, 0.15) is 5.01 Å². The summed E-state index contributed by atoms with van der Waals surface area (Å²) in [7, 11) is 0. The smallest absolute Gasteiger partial charge is 0.308 e. The second-order valence-electron chi connectivity index (χ2n) is 5.54. The van der Waals surface area contributed by atoms with Crippen LogP contribution in [0.5, 0.6) is 0 Å². The number of carbonyl (C=O) groups is 1. The van der Waals surface area contributed by atoms with Crippen LogP contribution in [0.2, 0.25) is 0 Å². The normalized spacial score (nSPS) is 23.0. The number of hydrogen-bond donors (Lipinski definition) is 1. The summed E-state index contributed by atoms with van der Waals surface area (Å²) < 4.78 is 1.31. The molecular formula is C13H16N4O3S. The zero-order valence-electron chi connectivity index (χ0n) is 11.8. The fraction of sp³-hybridized carbons (Fsp3) is 0.538. The molecule has 0 spiro atoms. The number of nitrogens with zero attached hydrogens (tertiary/aromatic N) is 4. The Labute approximate surface area is 124 Å². The maximum atomic E-state index is 11.8. The molecule has 0 radical (unpaired) electrons. The summed E-state index contributed by atoms with van der Waals surface area (Å²) in [5.74, 6) is -0.953. The second-order valence-corrected chi connectivity index (χ2v) is 6.58. The van der Waals surface area contributed by atoms with Gasteiger partial charge in [0.05, 0.1) is 12.5 Å². The average molecular weight is 308 g/mol. The number of aryl methyl sites for hydroxylation is 1. The van der Waals surface area contributed by atoms with E-state index >= 15 is 0 Å². The van der Waals surface area contributed by atoms with Crippen LogP contribution in [-0.4, -0.2) is 43.7 Å². The first-order chi connectivity index (χ1) is 9.94. The quantitative estimate of drug-likeness (QED) is 0.894. The predicted molar refractivity (Wildman–Crippen MR) is 77.4 cm³/mol. The van der Waals surface area contributed by atoms with Crippen molar-refractivity contribution < 1.29 is 9.90 Å². The predicted octanol–water partition coefficient (Wildman–Crippen LogP) is 0.612. The van der Waals surface area contributed by atoms with E-state index in [1.165, 1.54) is 21.9 Å². The van der Waals surface area contributed by atoms with Crippen molar-refractivity contribution in [3.05, 3.63) is 27.1 Å². The van der Waals surface area contributed by atoms with E-state index in [0.29, 0.717) is 23.7 Å². The molecule has 1 aliphatic heterocycles. The number of hydrogen-bond acceptors (Lipinski definition) is 6. The maximum absolute atomic E-state index is 11.8. The summed E-state index contributed by atoms with van der Waals surface area (Å²) in [5, 5.41) is 14.2. The standard InChI is InChI=1S/C13H16N4O3S/c1-7-4-16(5-9(7)12(19)20)6-10-15-17-11(18)3-8(2)14-13(17)21-10/h3,7,9H,4-6H2,1-2H3,(H,19,20)/t7-,9-/m1/s1. The van der Waals surface area contributed by atoms with Gasteiger partial charge in [-0.25, -0.2) is 4.98 Å². The van der Waals surface area contributed by atoms with E-state index in [1.54, 1.807) is 6.92 Å². The number of fused-ring (bicyclic) bond motifs is 1. The lowest BCUT2D eigenvalue weighted by atomic mass is 9.99. The van der Waals surface area contributed by atoms with Gasteiger partial charge in [-0.05, 0) is 12.8 Å². The van der Waals surface area contributed by atoms with Gasteiger partial charge in [0.2, 0.25) is 4.96 Å². The highest BCUT2D eigenvalue weighted by Crippen LogP contribution is 2.25. The molecule has 112 valence electrons. The molecule has 1 fully saturated rings. The topological polar surface area (TPSA) is 87.8 Å². The largest absolute Gasteiger partial charge is 0.481 e. The van der Waals surface area contributed by atoms with Gasteiger partial charge < -0.3 is 5.11 Å². The van der Waals surface area contributed by atoms with Gasteiger partial charge in [-0.3, -0.25) is 14.5 Å². The molecule has 3 rings (SSSR count). The van der Waals surface area contributed by atoms with Crippen LogP contribution in [0.3, 0.4) is 0 Å². The molecule has 1 N–H and O–H groups in total. The highest BCUT2D eigenvalue weighted by molar-refractivity contribution is 7.16. The van der Waals surface area contributed by atoms with Crippen LogP contribution in [0.15, 0.2) is 10.9 Å². The van der Waals surface area contributed by atoms with Crippen molar-refractivity contribution >= 4 is 22.3 Å². The van der Waals surface area contributed by atoms with Gasteiger partial charge in [0.15, 0.2) is 0 Å². The van der Waals surface area contributed by atoms with E-state index in [9.17, 15) is 9.59 Å². The second kappa shape index (κ2) is 5.19. The Hall–Kier alpha value is -1.80. The summed E-state index contributed by atoms with van der Waals surface area (Å²) in [5.41, 5.74) is 0.495. The van der Waals surface area contributed by atoms with Gasteiger partial charge in [-0.1, -0.05) is 18.3 Å². The first-order valence-corrected chi connectivity index (χ1v) is 7.57. The Morgan fingerprint density at radius 2 is 2.29 bits per heavy atom. The molecular weight excluding hydrogens is 292 g/mol. The minimum absolute atomic E-state index is 0.125. The van der Waals surface area contributed by atoms with E-state index < -0.39 is 5.97 Å². The SMILES string of the molecule is Cc1cc(=O)n2nc(CN3C[C@@H](C)[C@H](C(=O)O)C3)sc2n1. The molecule has 0 bridgehead atoms. The molecule has 2 aromatic heterocycles. The lowest BCUT2D eigenvalue weighted by Gasteiger charge is -2.12. The van der Waals surface area contributed by atoms with Crippen LogP contribution in [-0.2, 0) is 11.3 Å². The lowest BCUT2D eigenvalue weighted by molar-refractivity contribution is -0.142. The van der Waals surface area contributed by atoms with E-state index in [1.807, 2.05) is 6.92 Å². The molecule has 0 unspecified atom stereocenters. The Bertz CT molecular complexity index is 753. The third kappa shape index (κ3) is 2.68. The van der Waals surface area contributed by atoms with Crippen LogP contribution < -0.4 is 5.56 Å². The lowest BCUT2D eigenvalue weighted by Crippen LogP contribution is -2.23. The molecule has 2 aromatic rings. The molecule has 0 aliphatic carbocycles. The van der Waals surface area contributed by atoms with E-state index in [-0.39, 0.29) is 17.4 Å². The zero-order valence-corrected chi connectivity index (χ0v) is 12.6. The Morgan fingerprint density at radius 3 is 2.95 bits per heavy atom. The van der Waals surface area contributed by atoms with Crippen molar-refractivity contribution in [2.45, 2.75) is 20.4 Å². The van der Waals surface area contributed by atoms with Crippen molar-refractivity contribution in [2.75, 3.05) is 13.1 Å². The van der Waals surface area contributed by atoms with Crippen molar-refractivity contribution in [1.29, 1.82) is 0 Å². The monoisotopic (exact) mass is 308 g/mol. The minimum Gasteiger partial charge on any atom is -0.481 e. The summed E-state index contributed by atoms with van der Waals surface area (Å²) >= 11 is 1.37. The summed E-state index contributed by atoms with van der Waals surface area (Å²) in [6.07, 6.45) is 0. The molecule has 2 atom stereocenters. The van der Waals surface area contributed by atoms with E-state index in [2.05, 4.69) is 15.0 Å². The molecule has 0 amide bonds. The van der Waals surface area contributed by atoms with Crippen LogP contribution >= 0.6 is 11.3 Å². The molecule has 1 aliphatic rings. The van der Waals surface area contributed by atoms with Crippen LogP contribution in [0.4, 0.5) is 0 Å². The fourth-order valence-electron chi connectivity index (χ4n) is 2.73. The molecule has 8 heteroatoms. The molecule has 0 saturated carbocycles. The van der Waals surface area contributed by atoms with Crippen LogP contribution in [0.25, 0.3) is 4.96 Å². The van der Waals surface area contributed by atoms with Gasteiger partial charge in [-0.2, -0.15) is 9.61 Å². The number of carboxylic acid groups (broad SMARTS) is 1. The Kier molecular flexibility index (Phi) is 3.50. The molecule has 21 heavy (non-hydrogen) atoms. The molecule has 0 aromatic carbocycles. The van der Waals surface area contributed by atoms with Crippen LogP contribution in [0, 0.1) is 18.8 Å². The van der Waals surface area contributed by atoms with Crippen molar-refractivity contribution in [2.24, 2.45) is 11.8 Å². The van der Waals surface area contributed by atoms with E-state index in [4.69, 9.17) is 5.11 Å². The number of aliphatic carboxylic acids is 1. The van der Waals surface area contributed by atoms with Crippen molar-refractivity contribution in [3.63, 3.8) is 0 Å². The number of aromatic nitrogens is 3. The Morgan fingerprint density at radius 1 is 1.52 bits per heavy atom. The average Bonchev–Trinajstić information content (AvgIpc) is 2.93. The summed E-state index contributed by atoms with van der Waals surface area (Å²) in [6.45, 7) is 5.54. The van der Waals surface area contributed by atoms with Gasteiger partial charge in [0, 0.05) is 24.8 Å². The first-order valence-electron chi connectivity index (χ1n) is 6.75. The molecule has 1 saturated heterocycles. The number of likely N-dealkylation sites (tertiary alicyclic amines) is 1. The molecule has 3 heterocycles. The van der Waals surface area contributed by atoms with E-state index in [0.717, 1.165) is 11.6 Å². The molecule has 7 nitrogen and oxygen atoms in total. The maximum Gasteiger partial charge on any atom is 0.308 e. The van der Waals surface area contributed by atoms with Crippen molar-refractivity contribution in [1.82, 2.24) is 19.5 Å². The summed E-state index contributed by atoms with van der Waals surface area (Å²) in [4.78, 5) is 29.9. The highest BCUT2D eigenvalue weighted by atomic mass is 32.1. The van der Waals surface area contributed by atoms with Gasteiger partial charge in [0.25, 0.3) is 5.56 Å². The number of rotatable bonds is 3. The number of carboxylic acids is 1. The fourth-order valence-corrected chi connectivity index (χ4v) is 3.72. The highest BCUT2D eigenvalue weighted by Gasteiger charge is 2.34. The van der Waals surface area contributed by atoms with Gasteiger partial charge >= 0.3 is 5.97 Å². The first kappa shape index (κ1) is 14.2. The zero-order chi connectivity index (χ0) is 15.1. The third-order valence-corrected chi connectivity index (χ3v) is 4.67. The minimum atomic E-state index is -0.747. The summed E-state index contributed by atoms with van der Waals surface area (Å²) in [6, 6.07) is 1.45.